The van der Waals surface area contributed by atoms with Gasteiger partial charge in [0.2, 0.25) is 0 Å². The van der Waals surface area contributed by atoms with Crippen LogP contribution in [0.25, 0.3) is 0 Å². The molecule has 4 nitrogen and oxygen atoms in total. The van der Waals surface area contributed by atoms with E-state index in [-0.39, 0.29) is 18.3 Å². The minimum atomic E-state index is -0.296. The van der Waals surface area contributed by atoms with E-state index in [9.17, 15) is 9.59 Å². The molecule has 20 heavy (non-hydrogen) atoms. The third-order valence-electron chi connectivity index (χ3n) is 3.82. The number of amides is 1. The van der Waals surface area contributed by atoms with Crippen molar-refractivity contribution in [3.63, 3.8) is 0 Å². The first kappa shape index (κ1) is 14.6. The molecule has 1 aromatic rings. The molecule has 4 heteroatoms. The maximum absolute atomic E-state index is 12.3. The van der Waals surface area contributed by atoms with E-state index in [2.05, 4.69) is 10.8 Å². The monoisotopic (exact) mass is 275 g/mol. The average Bonchev–Trinajstić information content (AvgIpc) is 2.50. The third kappa shape index (κ3) is 3.38. The van der Waals surface area contributed by atoms with Crippen LogP contribution in [0.5, 0.6) is 0 Å². The number of methoxy groups -OCH3 is 1. The van der Waals surface area contributed by atoms with E-state index in [1.807, 2.05) is 12.1 Å². The minimum absolute atomic E-state index is 0.0396. The van der Waals surface area contributed by atoms with E-state index in [1.54, 1.807) is 11.9 Å². The first-order valence-electron chi connectivity index (χ1n) is 7.06. The number of aryl methyl sites for hydroxylation is 2. The summed E-state index contributed by atoms with van der Waals surface area (Å²) in [5, 5.41) is 0. The topological polar surface area (TPSA) is 46.6 Å². The number of esters is 1. The van der Waals surface area contributed by atoms with E-state index in [1.165, 1.54) is 31.1 Å². The molecule has 0 radical (unpaired) electrons. The second kappa shape index (κ2) is 6.55. The van der Waals surface area contributed by atoms with Crippen LogP contribution in [0.2, 0.25) is 0 Å². The summed E-state index contributed by atoms with van der Waals surface area (Å²) in [6.45, 7) is 0.378. The highest BCUT2D eigenvalue weighted by molar-refractivity contribution is 5.94. The van der Waals surface area contributed by atoms with E-state index in [0.29, 0.717) is 12.1 Å². The number of nitrogens with zero attached hydrogens (tertiary/aromatic N) is 1. The van der Waals surface area contributed by atoms with Crippen LogP contribution in [0.1, 0.15) is 40.7 Å². The van der Waals surface area contributed by atoms with Gasteiger partial charge in [0.15, 0.2) is 0 Å². The van der Waals surface area contributed by atoms with Gasteiger partial charge in [-0.2, -0.15) is 0 Å². The number of hydrogen-bond acceptors (Lipinski definition) is 3. The highest BCUT2D eigenvalue weighted by atomic mass is 16.5. The number of fused-ring (bicyclic) bond motifs is 1. The SMILES string of the molecule is COC(=O)CCN(C)C(=O)c1ccc2c(c1)CCCC2. The van der Waals surface area contributed by atoms with Crippen LogP contribution < -0.4 is 0 Å². The van der Waals surface area contributed by atoms with Crippen LogP contribution in [-0.2, 0) is 22.4 Å². The van der Waals surface area contributed by atoms with Crippen molar-refractivity contribution in [3.8, 4) is 0 Å². The van der Waals surface area contributed by atoms with Crippen molar-refractivity contribution in [2.24, 2.45) is 0 Å². The van der Waals surface area contributed by atoms with Gasteiger partial charge in [-0.15, -0.1) is 0 Å². The molecule has 0 atom stereocenters. The van der Waals surface area contributed by atoms with Gasteiger partial charge in [-0.05, 0) is 48.9 Å². The van der Waals surface area contributed by atoms with Crippen LogP contribution in [0.15, 0.2) is 18.2 Å². The van der Waals surface area contributed by atoms with Gasteiger partial charge in [-0.1, -0.05) is 6.07 Å². The second-order valence-corrected chi connectivity index (χ2v) is 5.24. The third-order valence-corrected chi connectivity index (χ3v) is 3.82. The van der Waals surface area contributed by atoms with Gasteiger partial charge in [0.25, 0.3) is 5.91 Å². The molecule has 0 saturated heterocycles. The largest absolute Gasteiger partial charge is 0.469 e. The molecule has 108 valence electrons. The molecule has 0 heterocycles. The van der Waals surface area contributed by atoms with Crippen molar-refractivity contribution in [2.75, 3.05) is 20.7 Å². The Morgan fingerprint density at radius 1 is 1.20 bits per heavy atom. The summed E-state index contributed by atoms with van der Waals surface area (Å²) in [6.07, 6.45) is 4.83. The minimum Gasteiger partial charge on any atom is -0.469 e. The zero-order valence-electron chi connectivity index (χ0n) is 12.1. The summed E-state index contributed by atoms with van der Waals surface area (Å²) >= 11 is 0. The molecular formula is C16H21NO3. The molecule has 0 aliphatic heterocycles. The molecule has 1 aliphatic carbocycles. The molecule has 0 aromatic heterocycles. The zero-order valence-corrected chi connectivity index (χ0v) is 12.1. The normalized spacial score (nSPS) is 13.5. The average molecular weight is 275 g/mol. The predicted octanol–water partition coefficient (Wildman–Crippen LogP) is 2.20. The fourth-order valence-corrected chi connectivity index (χ4v) is 2.55. The van der Waals surface area contributed by atoms with Crippen molar-refractivity contribution in [1.29, 1.82) is 0 Å². The Morgan fingerprint density at radius 2 is 1.90 bits per heavy atom. The fraction of sp³-hybridized carbons (Fsp3) is 0.500. The summed E-state index contributed by atoms with van der Waals surface area (Å²) in [5.41, 5.74) is 3.37. The van der Waals surface area contributed by atoms with Gasteiger partial charge < -0.3 is 9.64 Å². The summed E-state index contributed by atoms with van der Waals surface area (Å²) in [4.78, 5) is 25.0. The predicted molar refractivity (Wildman–Crippen MR) is 76.7 cm³/mol. The Balaban J connectivity index is 2.03. The molecule has 1 aromatic carbocycles. The molecule has 2 rings (SSSR count). The molecule has 0 saturated carbocycles. The first-order chi connectivity index (χ1) is 9.61. The van der Waals surface area contributed by atoms with Crippen molar-refractivity contribution in [2.45, 2.75) is 32.1 Å². The molecule has 0 spiro atoms. The standard InChI is InChI=1S/C16H21NO3/c1-17(10-9-15(18)20-2)16(19)14-8-7-12-5-3-4-6-13(12)11-14/h7-8,11H,3-6,9-10H2,1-2H3. The Morgan fingerprint density at radius 3 is 2.60 bits per heavy atom. The number of ether oxygens (including phenoxy) is 1. The highest BCUT2D eigenvalue weighted by Crippen LogP contribution is 2.22. The molecular weight excluding hydrogens is 254 g/mol. The Bertz CT molecular complexity index is 510. The molecule has 0 unspecified atom stereocenters. The van der Waals surface area contributed by atoms with Crippen LogP contribution in [0.3, 0.4) is 0 Å². The van der Waals surface area contributed by atoms with E-state index in [0.717, 1.165) is 12.8 Å². The van der Waals surface area contributed by atoms with Crippen molar-refractivity contribution in [1.82, 2.24) is 4.90 Å². The first-order valence-corrected chi connectivity index (χ1v) is 7.06. The van der Waals surface area contributed by atoms with Gasteiger partial charge in [0, 0.05) is 19.2 Å². The van der Waals surface area contributed by atoms with Gasteiger partial charge in [-0.25, -0.2) is 0 Å². The Hall–Kier alpha value is -1.84. The number of rotatable bonds is 4. The lowest BCUT2D eigenvalue weighted by molar-refractivity contribution is -0.140. The number of carbonyl (C=O) groups is 2. The molecule has 1 amide bonds. The summed E-state index contributed by atoms with van der Waals surface area (Å²) in [5.74, 6) is -0.336. The summed E-state index contributed by atoms with van der Waals surface area (Å²) in [7, 11) is 3.07. The summed E-state index contributed by atoms with van der Waals surface area (Å²) < 4.78 is 4.58. The molecule has 0 fully saturated rings. The fourth-order valence-electron chi connectivity index (χ4n) is 2.55. The van der Waals surface area contributed by atoms with Crippen LogP contribution >= 0.6 is 0 Å². The number of hydrogen-bond donors (Lipinski definition) is 0. The number of carbonyl (C=O) groups excluding carboxylic acids is 2. The Labute approximate surface area is 119 Å². The zero-order chi connectivity index (χ0) is 14.5. The molecule has 0 bridgehead atoms. The maximum Gasteiger partial charge on any atom is 0.307 e. The van der Waals surface area contributed by atoms with Crippen molar-refractivity contribution >= 4 is 11.9 Å². The highest BCUT2D eigenvalue weighted by Gasteiger charge is 2.16. The maximum atomic E-state index is 12.3. The van der Waals surface area contributed by atoms with Gasteiger partial charge >= 0.3 is 5.97 Å². The smallest absolute Gasteiger partial charge is 0.307 e. The van der Waals surface area contributed by atoms with Gasteiger partial charge in [0.1, 0.15) is 0 Å². The molecule has 1 aliphatic rings. The molecule has 0 N–H and O–H groups in total. The summed E-state index contributed by atoms with van der Waals surface area (Å²) in [6, 6.07) is 5.96. The van der Waals surface area contributed by atoms with E-state index in [4.69, 9.17) is 0 Å². The lowest BCUT2D eigenvalue weighted by Crippen LogP contribution is -2.29. The quantitative estimate of drug-likeness (QED) is 0.791. The lowest BCUT2D eigenvalue weighted by atomic mass is 9.90. The van der Waals surface area contributed by atoms with Crippen molar-refractivity contribution in [3.05, 3.63) is 34.9 Å². The van der Waals surface area contributed by atoms with Gasteiger partial charge in [0.05, 0.1) is 13.5 Å². The van der Waals surface area contributed by atoms with Crippen molar-refractivity contribution < 1.29 is 14.3 Å². The van der Waals surface area contributed by atoms with E-state index < -0.39 is 0 Å². The number of benzene rings is 1. The van der Waals surface area contributed by atoms with Crippen LogP contribution in [0, 0.1) is 0 Å². The van der Waals surface area contributed by atoms with E-state index >= 15 is 0 Å². The van der Waals surface area contributed by atoms with Gasteiger partial charge in [-0.3, -0.25) is 9.59 Å². The lowest BCUT2D eigenvalue weighted by Gasteiger charge is -2.19. The van der Waals surface area contributed by atoms with Crippen LogP contribution in [-0.4, -0.2) is 37.5 Å². The van der Waals surface area contributed by atoms with Crippen LogP contribution in [0.4, 0.5) is 0 Å². The second-order valence-electron chi connectivity index (χ2n) is 5.24. The Kier molecular flexibility index (Phi) is 4.77.